The van der Waals surface area contributed by atoms with Gasteiger partial charge in [-0.2, -0.15) is 0 Å². The molecule has 0 aliphatic rings. The summed E-state index contributed by atoms with van der Waals surface area (Å²) < 4.78 is 0. The molecule has 1 radical (unpaired) electrons. The number of rotatable bonds is 3. The van der Waals surface area contributed by atoms with E-state index < -0.39 is 0 Å². The van der Waals surface area contributed by atoms with Gasteiger partial charge in [0.05, 0.1) is 0 Å². The van der Waals surface area contributed by atoms with Crippen LogP contribution in [0, 0.1) is 6.42 Å². The summed E-state index contributed by atoms with van der Waals surface area (Å²) in [6, 6.07) is 7.20. The minimum atomic E-state index is 0.317. The Morgan fingerprint density at radius 2 is 1.83 bits per heavy atom. The third kappa shape index (κ3) is 2.93. The molecule has 0 spiro atoms. The van der Waals surface area contributed by atoms with Gasteiger partial charge in [0.1, 0.15) is 5.75 Å². The zero-order valence-corrected chi connectivity index (χ0v) is 7.49. The standard InChI is InChI=1S/C10H14NO/c1-11(2)8-7-9-3-5-10(12)6-4-9/h3-7,12H,8H2,1-2H3. The smallest absolute Gasteiger partial charge is 0.115 e. The second-order valence-corrected chi connectivity index (χ2v) is 3.06. The number of phenols is 1. The highest BCUT2D eigenvalue weighted by Crippen LogP contribution is 2.10. The summed E-state index contributed by atoms with van der Waals surface area (Å²) in [4.78, 5) is 2.09. The number of aromatic hydroxyl groups is 1. The molecule has 1 N–H and O–H groups in total. The molecule has 12 heavy (non-hydrogen) atoms. The molecule has 2 heteroatoms. The quantitative estimate of drug-likeness (QED) is 0.732. The van der Waals surface area contributed by atoms with E-state index in [0.717, 1.165) is 12.1 Å². The third-order valence-electron chi connectivity index (χ3n) is 1.59. The van der Waals surface area contributed by atoms with Crippen LogP contribution in [0.25, 0.3) is 0 Å². The molecule has 0 saturated heterocycles. The molecular formula is C10H14NO. The van der Waals surface area contributed by atoms with Crippen LogP contribution in [0.2, 0.25) is 0 Å². The van der Waals surface area contributed by atoms with Crippen LogP contribution in [-0.4, -0.2) is 30.6 Å². The van der Waals surface area contributed by atoms with Crippen LogP contribution in [-0.2, 0) is 0 Å². The van der Waals surface area contributed by atoms with Crippen molar-refractivity contribution in [2.45, 2.75) is 0 Å². The monoisotopic (exact) mass is 164 g/mol. The van der Waals surface area contributed by atoms with Crippen molar-refractivity contribution in [3.63, 3.8) is 0 Å². The third-order valence-corrected chi connectivity index (χ3v) is 1.59. The van der Waals surface area contributed by atoms with E-state index in [1.54, 1.807) is 12.1 Å². The minimum absolute atomic E-state index is 0.317. The number of hydrogen-bond donors (Lipinski definition) is 1. The van der Waals surface area contributed by atoms with Gasteiger partial charge in [0.15, 0.2) is 0 Å². The molecule has 0 saturated carbocycles. The molecule has 65 valence electrons. The summed E-state index contributed by atoms with van der Waals surface area (Å²) in [5.41, 5.74) is 1.14. The van der Waals surface area contributed by atoms with Gasteiger partial charge in [0, 0.05) is 13.0 Å². The summed E-state index contributed by atoms with van der Waals surface area (Å²) in [5, 5.41) is 9.01. The van der Waals surface area contributed by atoms with E-state index in [9.17, 15) is 0 Å². The number of likely N-dealkylation sites (N-methyl/N-ethyl adjacent to an activating group) is 1. The lowest BCUT2D eigenvalue weighted by Crippen LogP contribution is -2.13. The highest BCUT2D eigenvalue weighted by atomic mass is 16.3. The van der Waals surface area contributed by atoms with Crippen LogP contribution in [0.15, 0.2) is 24.3 Å². The van der Waals surface area contributed by atoms with Gasteiger partial charge in [0.2, 0.25) is 0 Å². The first-order chi connectivity index (χ1) is 5.68. The Labute approximate surface area is 73.4 Å². The first kappa shape index (κ1) is 9.07. The van der Waals surface area contributed by atoms with E-state index in [0.29, 0.717) is 5.75 Å². The van der Waals surface area contributed by atoms with Crippen LogP contribution in [0.3, 0.4) is 0 Å². The molecule has 0 aliphatic heterocycles. The topological polar surface area (TPSA) is 23.5 Å². The Morgan fingerprint density at radius 1 is 1.25 bits per heavy atom. The molecule has 0 bridgehead atoms. The maximum atomic E-state index is 9.01. The van der Waals surface area contributed by atoms with E-state index in [4.69, 9.17) is 5.11 Å². The Kier molecular flexibility index (Phi) is 3.11. The van der Waals surface area contributed by atoms with Gasteiger partial charge < -0.3 is 10.0 Å². The first-order valence-electron chi connectivity index (χ1n) is 3.95. The normalized spacial score (nSPS) is 10.6. The van der Waals surface area contributed by atoms with Gasteiger partial charge in [0.25, 0.3) is 0 Å². The van der Waals surface area contributed by atoms with Crippen LogP contribution in [0.1, 0.15) is 5.56 Å². The average Bonchev–Trinajstić information content (AvgIpc) is 2.03. The number of hydrogen-bond acceptors (Lipinski definition) is 2. The lowest BCUT2D eigenvalue weighted by Gasteiger charge is -2.08. The van der Waals surface area contributed by atoms with Crippen molar-refractivity contribution < 1.29 is 5.11 Å². The Hall–Kier alpha value is -1.02. The molecular weight excluding hydrogens is 150 g/mol. The van der Waals surface area contributed by atoms with Gasteiger partial charge in [-0.1, -0.05) is 12.1 Å². The van der Waals surface area contributed by atoms with Crippen molar-refractivity contribution in [2.75, 3.05) is 20.6 Å². The van der Waals surface area contributed by atoms with Crippen molar-refractivity contribution in [1.82, 2.24) is 4.90 Å². The lowest BCUT2D eigenvalue weighted by molar-refractivity contribution is 0.445. The van der Waals surface area contributed by atoms with Gasteiger partial charge in [-0.3, -0.25) is 0 Å². The van der Waals surface area contributed by atoms with E-state index >= 15 is 0 Å². The summed E-state index contributed by atoms with van der Waals surface area (Å²) >= 11 is 0. The predicted molar refractivity (Wildman–Crippen MR) is 50.1 cm³/mol. The second-order valence-electron chi connectivity index (χ2n) is 3.06. The van der Waals surface area contributed by atoms with Crippen molar-refractivity contribution >= 4 is 0 Å². The maximum absolute atomic E-state index is 9.01. The number of phenolic OH excluding ortho intramolecular Hbond substituents is 1. The predicted octanol–water partition coefficient (Wildman–Crippen LogP) is 1.51. The summed E-state index contributed by atoms with van der Waals surface area (Å²) in [6.07, 6.45) is 2.11. The molecule has 0 amide bonds. The van der Waals surface area contributed by atoms with Gasteiger partial charge in [-0.05, 0) is 31.8 Å². The van der Waals surface area contributed by atoms with Crippen LogP contribution < -0.4 is 0 Å². The molecule has 2 nitrogen and oxygen atoms in total. The van der Waals surface area contributed by atoms with Crippen LogP contribution in [0.5, 0.6) is 5.75 Å². The average molecular weight is 164 g/mol. The maximum Gasteiger partial charge on any atom is 0.115 e. The molecule has 1 aromatic carbocycles. The molecule has 0 heterocycles. The SMILES string of the molecule is CN(C)C[CH]c1ccc(O)cc1. The number of nitrogens with zero attached hydrogens (tertiary/aromatic N) is 1. The van der Waals surface area contributed by atoms with E-state index in [-0.39, 0.29) is 0 Å². The van der Waals surface area contributed by atoms with Crippen molar-refractivity contribution in [2.24, 2.45) is 0 Å². The minimum Gasteiger partial charge on any atom is -0.508 e. The highest BCUT2D eigenvalue weighted by molar-refractivity contribution is 5.30. The summed E-state index contributed by atoms with van der Waals surface area (Å²) in [6.45, 7) is 0.921. The summed E-state index contributed by atoms with van der Waals surface area (Å²) in [5.74, 6) is 0.317. The zero-order chi connectivity index (χ0) is 8.97. The zero-order valence-electron chi connectivity index (χ0n) is 7.49. The fourth-order valence-electron chi connectivity index (χ4n) is 0.898. The molecule has 1 rings (SSSR count). The molecule has 1 aromatic rings. The molecule has 0 fully saturated rings. The Morgan fingerprint density at radius 3 is 2.33 bits per heavy atom. The van der Waals surface area contributed by atoms with Gasteiger partial charge in [-0.25, -0.2) is 0 Å². The van der Waals surface area contributed by atoms with Crippen molar-refractivity contribution in [1.29, 1.82) is 0 Å². The Bertz CT molecular complexity index is 228. The summed E-state index contributed by atoms with van der Waals surface area (Å²) in [7, 11) is 4.05. The van der Waals surface area contributed by atoms with E-state index in [1.165, 1.54) is 0 Å². The molecule has 0 aliphatic carbocycles. The Balaban J connectivity index is 2.48. The lowest BCUT2D eigenvalue weighted by atomic mass is 10.1. The van der Waals surface area contributed by atoms with Crippen LogP contribution in [0.4, 0.5) is 0 Å². The molecule has 0 atom stereocenters. The highest BCUT2D eigenvalue weighted by Gasteiger charge is 1.94. The van der Waals surface area contributed by atoms with Gasteiger partial charge >= 0.3 is 0 Å². The van der Waals surface area contributed by atoms with Crippen molar-refractivity contribution in [3.05, 3.63) is 36.2 Å². The fraction of sp³-hybridized carbons (Fsp3) is 0.300. The largest absolute Gasteiger partial charge is 0.508 e. The second kappa shape index (κ2) is 4.12. The van der Waals surface area contributed by atoms with E-state index in [2.05, 4.69) is 11.3 Å². The fourth-order valence-corrected chi connectivity index (χ4v) is 0.898. The molecule has 0 aromatic heterocycles. The number of benzene rings is 1. The van der Waals surface area contributed by atoms with Crippen LogP contribution >= 0.6 is 0 Å². The first-order valence-corrected chi connectivity index (χ1v) is 3.95. The van der Waals surface area contributed by atoms with Crippen molar-refractivity contribution in [3.8, 4) is 5.75 Å². The van der Waals surface area contributed by atoms with Gasteiger partial charge in [-0.15, -0.1) is 0 Å². The van der Waals surface area contributed by atoms with E-state index in [1.807, 2.05) is 26.2 Å². The molecule has 0 unspecified atom stereocenters.